The molecule has 1 aliphatic heterocycles. The van der Waals surface area contributed by atoms with Crippen LogP contribution in [0.3, 0.4) is 0 Å². The number of anilines is 1. The molecule has 110 valence electrons. The number of fused-ring (bicyclic) bond motifs is 1. The van der Waals surface area contributed by atoms with Crippen molar-refractivity contribution in [3.63, 3.8) is 0 Å². The highest BCUT2D eigenvalue weighted by Crippen LogP contribution is 2.34. The molecule has 21 heavy (non-hydrogen) atoms. The standard InChI is InChI=1S/C16H20N4O/c1-3-12-13(4-2)19-20-16(18-12)21-14-9-5-7-11-8-6-10-17-15(11)14/h5,7,9,17H,3-4,6,8,10H2,1-2H3. The van der Waals surface area contributed by atoms with Gasteiger partial charge in [-0.15, -0.1) is 5.10 Å². The second kappa shape index (κ2) is 6.08. The Hall–Kier alpha value is -2.17. The van der Waals surface area contributed by atoms with Gasteiger partial charge in [0, 0.05) is 6.54 Å². The Morgan fingerprint density at radius 3 is 2.81 bits per heavy atom. The van der Waals surface area contributed by atoms with Crippen molar-refractivity contribution >= 4 is 5.69 Å². The normalized spacial score (nSPS) is 13.4. The molecule has 0 aliphatic carbocycles. The molecule has 1 N–H and O–H groups in total. The molecule has 0 saturated heterocycles. The van der Waals surface area contributed by atoms with Crippen LogP contribution >= 0.6 is 0 Å². The number of ether oxygens (including phenoxy) is 1. The molecule has 0 atom stereocenters. The zero-order valence-electron chi connectivity index (χ0n) is 12.5. The van der Waals surface area contributed by atoms with Crippen LogP contribution in [0.15, 0.2) is 18.2 Å². The average Bonchev–Trinajstić information content (AvgIpc) is 2.55. The Kier molecular flexibility index (Phi) is 3.99. The van der Waals surface area contributed by atoms with Crippen molar-refractivity contribution in [2.75, 3.05) is 11.9 Å². The number of para-hydroxylation sites is 1. The zero-order valence-corrected chi connectivity index (χ0v) is 12.5. The van der Waals surface area contributed by atoms with E-state index in [1.807, 2.05) is 12.1 Å². The Bertz CT molecular complexity index is 642. The molecule has 5 heteroatoms. The Morgan fingerprint density at radius 2 is 2.00 bits per heavy atom. The van der Waals surface area contributed by atoms with Crippen molar-refractivity contribution in [1.82, 2.24) is 15.2 Å². The van der Waals surface area contributed by atoms with Gasteiger partial charge in [0.2, 0.25) is 0 Å². The number of nitrogens with one attached hydrogen (secondary N) is 1. The fourth-order valence-electron chi connectivity index (χ4n) is 2.63. The summed E-state index contributed by atoms with van der Waals surface area (Å²) in [5.41, 5.74) is 4.25. The summed E-state index contributed by atoms with van der Waals surface area (Å²) in [6.45, 7) is 5.10. The second-order valence-electron chi connectivity index (χ2n) is 5.12. The largest absolute Gasteiger partial charge is 0.421 e. The quantitative estimate of drug-likeness (QED) is 0.934. The first kappa shape index (κ1) is 13.8. The summed E-state index contributed by atoms with van der Waals surface area (Å²) in [5, 5.41) is 11.7. The predicted molar refractivity (Wildman–Crippen MR) is 81.9 cm³/mol. The van der Waals surface area contributed by atoms with Gasteiger partial charge >= 0.3 is 6.01 Å². The monoisotopic (exact) mass is 284 g/mol. The molecule has 0 bridgehead atoms. The van der Waals surface area contributed by atoms with E-state index < -0.39 is 0 Å². The van der Waals surface area contributed by atoms with E-state index >= 15 is 0 Å². The summed E-state index contributed by atoms with van der Waals surface area (Å²) in [4.78, 5) is 4.48. The lowest BCUT2D eigenvalue weighted by Crippen LogP contribution is -2.13. The van der Waals surface area contributed by atoms with Gasteiger partial charge in [-0.1, -0.05) is 31.1 Å². The molecule has 0 saturated carbocycles. The molecule has 2 heterocycles. The molecule has 5 nitrogen and oxygen atoms in total. The molecule has 0 unspecified atom stereocenters. The average molecular weight is 284 g/mol. The van der Waals surface area contributed by atoms with Crippen LogP contribution in [0.1, 0.15) is 37.2 Å². The molecule has 0 radical (unpaired) electrons. The molecule has 1 aliphatic rings. The molecule has 0 spiro atoms. The summed E-state index contributed by atoms with van der Waals surface area (Å²) in [7, 11) is 0. The highest BCUT2D eigenvalue weighted by Gasteiger charge is 2.15. The first-order valence-corrected chi connectivity index (χ1v) is 7.58. The number of rotatable bonds is 4. The summed E-state index contributed by atoms with van der Waals surface area (Å²) >= 11 is 0. The molecule has 0 fully saturated rings. The van der Waals surface area contributed by atoms with Crippen molar-refractivity contribution in [1.29, 1.82) is 0 Å². The number of nitrogens with zero attached hydrogens (tertiary/aromatic N) is 3. The van der Waals surface area contributed by atoms with E-state index in [-0.39, 0.29) is 0 Å². The molecule has 3 rings (SSSR count). The van der Waals surface area contributed by atoms with Crippen molar-refractivity contribution < 1.29 is 4.74 Å². The molecular weight excluding hydrogens is 264 g/mol. The van der Waals surface area contributed by atoms with Crippen LogP contribution in [0.2, 0.25) is 0 Å². The van der Waals surface area contributed by atoms with E-state index in [1.54, 1.807) is 0 Å². The number of benzene rings is 1. The number of aryl methyl sites for hydroxylation is 3. The van der Waals surface area contributed by atoms with E-state index in [0.29, 0.717) is 6.01 Å². The summed E-state index contributed by atoms with van der Waals surface area (Å²) in [5.74, 6) is 0.778. The lowest BCUT2D eigenvalue weighted by atomic mass is 10.0. The van der Waals surface area contributed by atoms with Gasteiger partial charge in [-0.25, -0.2) is 0 Å². The molecule has 0 amide bonds. The Balaban J connectivity index is 1.90. The Morgan fingerprint density at radius 1 is 1.14 bits per heavy atom. The fraction of sp³-hybridized carbons (Fsp3) is 0.438. The zero-order chi connectivity index (χ0) is 14.7. The molecule has 1 aromatic heterocycles. The second-order valence-corrected chi connectivity index (χ2v) is 5.12. The minimum atomic E-state index is 0.324. The first-order valence-electron chi connectivity index (χ1n) is 7.58. The lowest BCUT2D eigenvalue weighted by Gasteiger charge is -2.20. The van der Waals surface area contributed by atoms with E-state index in [0.717, 1.165) is 55.1 Å². The third-order valence-corrected chi connectivity index (χ3v) is 3.73. The van der Waals surface area contributed by atoms with Gasteiger partial charge in [-0.2, -0.15) is 4.98 Å². The van der Waals surface area contributed by atoms with Crippen LogP contribution in [0.25, 0.3) is 0 Å². The van der Waals surface area contributed by atoms with Crippen LogP contribution in [0.5, 0.6) is 11.8 Å². The minimum Gasteiger partial charge on any atom is -0.421 e. The predicted octanol–water partition coefficient (Wildman–Crippen LogP) is 3.15. The van der Waals surface area contributed by atoms with Crippen molar-refractivity contribution in [2.45, 2.75) is 39.5 Å². The topological polar surface area (TPSA) is 59.9 Å². The smallest absolute Gasteiger partial charge is 0.341 e. The maximum atomic E-state index is 5.87. The summed E-state index contributed by atoms with van der Waals surface area (Å²) in [6, 6.07) is 6.41. The van der Waals surface area contributed by atoms with Crippen LogP contribution in [0.4, 0.5) is 5.69 Å². The SMILES string of the molecule is CCc1nnc(Oc2cccc3c2NCCC3)nc1CC. The van der Waals surface area contributed by atoms with E-state index in [1.165, 1.54) is 5.56 Å². The highest BCUT2D eigenvalue weighted by molar-refractivity contribution is 5.63. The van der Waals surface area contributed by atoms with E-state index in [2.05, 4.69) is 40.4 Å². The number of hydrogen-bond acceptors (Lipinski definition) is 5. The van der Waals surface area contributed by atoms with Gasteiger partial charge in [0.15, 0.2) is 5.75 Å². The lowest BCUT2D eigenvalue weighted by molar-refractivity contribution is 0.429. The molecule has 1 aromatic carbocycles. The van der Waals surface area contributed by atoms with Gasteiger partial charge < -0.3 is 10.1 Å². The third kappa shape index (κ3) is 2.82. The van der Waals surface area contributed by atoms with E-state index in [4.69, 9.17) is 4.74 Å². The van der Waals surface area contributed by atoms with Crippen molar-refractivity contribution in [3.8, 4) is 11.8 Å². The Labute approximate surface area is 124 Å². The van der Waals surface area contributed by atoms with Crippen molar-refractivity contribution in [2.24, 2.45) is 0 Å². The maximum Gasteiger partial charge on any atom is 0.341 e. The maximum absolute atomic E-state index is 5.87. The van der Waals surface area contributed by atoms with Crippen molar-refractivity contribution in [3.05, 3.63) is 35.2 Å². The van der Waals surface area contributed by atoms with Crippen LogP contribution in [-0.4, -0.2) is 21.7 Å². The number of aromatic nitrogens is 3. The van der Waals surface area contributed by atoms with Crippen LogP contribution in [-0.2, 0) is 19.3 Å². The van der Waals surface area contributed by atoms with Gasteiger partial charge in [0.1, 0.15) is 0 Å². The third-order valence-electron chi connectivity index (χ3n) is 3.73. The minimum absolute atomic E-state index is 0.324. The first-order chi connectivity index (χ1) is 10.3. The van der Waals surface area contributed by atoms with E-state index in [9.17, 15) is 0 Å². The number of hydrogen-bond donors (Lipinski definition) is 1. The van der Waals surface area contributed by atoms with Gasteiger partial charge in [-0.05, 0) is 37.3 Å². The van der Waals surface area contributed by atoms with Crippen LogP contribution in [0, 0.1) is 0 Å². The molecular formula is C16H20N4O. The fourth-order valence-corrected chi connectivity index (χ4v) is 2.63. The summed E-state index contributed by atoms with van der Waals surface area (Å²) in [6.07, 6.45) is 3.90. The van der Waals surface area contributed by atoms with Crippen LogP contribution < -0.4 is 10.1 Å². The molecule has 2 aromatic rings. The highest BCUT2D eigenvalue weighted by atomic mass is 16.5. The van der Waals surface area contributed by atoms with Gasteiger partial charge in [0.05, 0.1) is 17.1 Å². The van der Waals surface area contributed by atoms with Gasteiger partial charge in [0.25, 0.3) is 0 Å². The summed E-state index contributed by atoms with van der Waals surface area (Å²) < 4.78 is 5.87. The van der Waals surface area contributed by atoms with Gasteiger partial charge in [-0.3, -0.25) is 0 Å².